The summed E-state index contributed by atoms with van der Waals surface area (Å²) in [7, 11) is 1.54. The van der Waals surface area contributed by atoms with E-state index >= 15 is 0 Å². The summed E-state index contributed by atoms with van der Waals surface area (Å²) < 4.78 is 57.2. The molecule has 2 rings (SSSR count). The number of rotatable bonds is 4. The number of likely N-dealkylation sites (N-methyl/N-ethyl adjacent to an activating group) is 1. The van der Waals surface area contributed by atoms with Crippen LogP contribution in [0.1, 0.15) is 22.7 Å². The Hall–Kier alpha value is -1.82. The van der Waals surface area contributed by atoms with Crippen LogP contribution in [0.25, 0.3) is 0 Å². The topological polar surface area (TPSA) is 25.2 Å². The standard InChI is InChI=1S/C14H13F4NO/c1-19-13(6-9-4-5-20-8-9)11-7-10(15)2-3-12(11)14(16,17)18/h2-5,7-8,13,19H,6H2,1H3. The first-order valence-electron chi connectivity index (χ1n) is 5.97. The maximum absolute atomic E-state index is 13.3. The molecule has 0 saturated carbocycles. The molecule has 108 valence electrons. The summed E-state index contributed by atoms with van der Waals surface area (Å²) in [6.07, 6.45) is -1.34. The minimum atomic E-state index is -4.52. The maximum atomic E-state index is 13.3. The molecule has 0 aliphatic rings. The van der Waals surface area contributed by atoms with Crippen molar-refractivity contribution in [1.29, 1.82) is 0 Å². The Morgan fingerprint density at radius 1 is 1.25 bits per heavy atom. The Labute approximate surface area is 113 Å². The zero-order chi connectivity index (χ0) is 14.8. The highest BCUT2D eigenvalue weighted by Crippen LogP contribution is 2.35. The van der Waals surface area contributed by atoms with Gasteiger partial charge in [0.25, 0.3) is 0 Å². The molecule has 0 fully saturated rings. The molecular weight excluding hydrogens is 274 g/mol. The van der Waals surface area contributed by atoms with E-state index in [9.17, 15) is 17.6 Å². The summed E-state index contributed by atoms with van der Waals surface area (Å²) >= 11 is 0. The molecule has 2 nitrogen and oxygen atoms in total. The molecule has 1 aromatic heterocycles. The Bertz CT molecular complexity index is 563. The van der Waals surface area contributed by atoms with Crippen LogP contribution in [-0.4, -0.2) is 7.05 Å². The highest BCUT2D eigenvalue weighted by atomic mass is 19.4. The van der Waals surface area contributed by atoms with Crippen molar-refractivity contribution in [2.24, 2.45) is 0 Å². The molecule has 0 radical (unpaired) electrons. The molecule has 0 spiro atoms. The van der Waals surface area contributed by atoms with E-state index in [1.165, 1.54) is 19.6 Å². The van der Waals surface area contributed by atoms with Gasteiger partial charge < -0.3 is 9.73 Å². The number of benzene rings is 1. The Morgan fingerprint density at radius 2 is 2.00 bits per heavy atom. The van der Waals surface area contributed by atoms with Crippen molar-refractivity contribution in [3.63, 3.8) is 0 Å². The fraction of sp³-hybridized carbons (Fsp3) is 0.286. The number of nitrogens with one attached hydrogen (secondary N) is 1. The molecule has 0 amide bonds. The van der Waals surface area contributed by atoms with Gasteiger partial charge in [0.2, 0.25) is 0 Å². The average molecular weight is 287 g/mol. The lowest BCUT2D eigenvalue weighted by Crippen LogP contribution is -2.23. The van der Waals surface area contributed by atoms with Gasteiger partial charge in [-0.2, -0.15) is 13.2 Å². The first-order valence-corrected chi connectivity index (χ1v) is 5.97. The monoisotopic (exact) mass is 287 g/mol. The molecule has 20 heavy (non-hydrogen) atoms. The third-order valence-electron chi connectivity index (χ3n) is 3.06. The van der Waals surface area contributed by atoms with Crippen LogP contribution < -0.4 is 5.32 Å². The minimum Gasteiger partial charge on any atom is -0.472 e. The first kappa shape index (κ1) is 14.6. The molecule has 0 saturated heterocycles. The van der Waals surface area contributed by atoms with Crippen LogP contribution in [-0.2, 0) is 12.6 Å². The quantitative estimate of drug-likeness (QED) is 0.862. The van der Waals surface area contributed by atoms with Gasteiger partial charge in [0.05, 0.1) is 18.1 Å². The van der Waals surface area contributed by atoms with E-state index in [-0.39, 0.29) is 12.0 Å². The summed E-state index contributed by atoms with van der Waals surface area (Å²) in [5.41, 5.74) is -0.204. The number of alkyl halides is 3. The second-order valence-electron chi connectivity index (χ2n) is 4.41. The van der Waals surface area contributed by atoms with Crippen LogP contribution in [0, 0.1) is 5.82 Å². The van der Waals surface area contributed by atoms with Crippen molar-refractivity contribution < 1.29 is 22.0 Å². The number of hydrogen-bond donors (Lipinski definition) is 1. The second kappa shape index (κ2) is 5.66. The molecule has 1 atom stereocenters. The van der Waals surface area contributed by atoms with Crippen molar-refractivity contribution >= 4 is 0 Å². The molecule has 6 heteroatoms. The molecule has 1 aromatic carbocycles. The zero-order valence-corrected chi connectivity index (χ0v) is 10.7. The Morgan fingerprint density at radius 3 is 2.55 bits per heavy atom. The molecule has 2 aromatic rings. The van der Waals surface area contributed by atoms with Crippen LogP contribution in [0.3, 0.4) is 0 Å². The molecule has 0 aliphatic heterocycles. The Balaban J connectivity index is 2.40. The highest BCUT2D eigenvalue weighted by molar-refractivity contribution is 5.34. The molecule has 0 aliphatic carbocycles. The molecular formula is C14H13F4NO. The van der Waals surface area contributed by atoms with E-state index < -0.39 is 23.6 Å². The van der Waals surface area contributed by atoms with Gasteiger partial charge in [-0.05, 0) is 48.9 Å². The van der Waals surface area contributed by atoms with Crippen LogP contribution in [0.2, 0.25) is 0 Å². The minimum absolute atomic E-state index is 0.110. The summed E-state index contributed by atoms with van der Waals surface area (Å²) in [5, 5.41) is 2.79. The van der Waals surface area contributed by atoms with Crippen LogP contribution >= 0.6 is 0 Å². The van der Waals surface area contributed by atoms with Crippen molar-refractivity contribution in [3.05, 3.63) is 59.3 Å². The van der Waals surface area contributed by atoms with Crippen molar-refractivity contribution in [2.75, 3.05) is 7.05 Å². The predicted octanol–water partition coefficient (Wildman–Crippen LogP) is 3.94. The summed E-state index contributed by atoms with van der Waals surface area (Å²) in [6.45, 7) is 0. The number of halogens is 4. The lowest BCUT2D eigenvalue weighted by Gasteiger charge is -2.21. The van der Waals surface area contributed by atoms with E-state index in [0.717, 1.165) is 23.8 Å². The lowest BCUT2D eigenvalue weighted by atomic mass is 9.95. The Kier molecular flexibility index (Phi) is 4.13. The van der Waals surface area contributed by atoms with Gasteiger partial charge in [0, 0.05) is 6.04 Å². The lowest BCUT2D eigenvalue weighted by molar-refractivity contribution is -0.138. The van der Waals surface area contributed by atoms with Gasteiger partial charge in [-0.15, -0.1) is 0 Å². The van der Waals surface area contributed by atoms with Crippen LogP contribution in [0.5, 0.6) is 0 Å². The van der Waals surface area contributed by atoms with Gasteiger partial charge in [-0.3, -0.25) is 0 Å². The van der Waals surface area contributed by atoms with Crippen molar-refractivity contribution in [1.82, 2.24) is 5.32 Å². The van der Waals surface area contributed by atoms with Gasteiger partial charge in [0.15, 0.2) is 0 Å². The van der Waals surface area contributed by atoms with E-state index in [1.54, 1.807) is 6.07 Å². The fourth-order valence-corrected chi connectivity index (χ4v) is 2.09. The van der Waals surface area contributed by atoms with Gasteiger partial charge in [0.1, 0.15) is 5.82 Å². The predicted molar refractivity (Wildman–Crippen MR) is 65.6 cm³/mol. The summed E-state index contributed by atoms with van der Waals surface area (Å²) in [6, 6.07) is 3.52. The summed E-state index contributed by atoms with van der Waals surface area (Å²) in [5.74, 6) is -0.694. The normalized spacial score (nSPS) is 13.4. The SMILES string of the molecule is CNC(Cc1ccoc1)c1cc(F)ccc1C(F)(F)F. The second-order valence-corrected chi connectivity index (χ2v) is 4.41. The van der Waals surface area contributed by atoms with Gasteiger partial charge in [-0.25, -0.2) is 4.39 Å². The van der Waals surface area contributed by atoms with Gasteiger partial charge in [-0.1, -0.05) is 0 Å². The van der Waals surface area contributed by atoms with E-state index in [4.69, 9.17) is 4.42 Å². The van der Waals surface area contributed by atoms with E-state index in [2.05, 4.69) is 5.32 Å². The largest absolute Gasteiger partial charge is 0.472 e. The third kappa shape index (κ3) is 3.19. The van der Waals surface area contributed by atoms with E-state index in [0.29, 0.717) is 0 Å². The first-order chi connectivity index (χ1) is 9.41. The number of hydrogen-bond acceptors (Lipinski definition) is 2. The summed E-state index contributed by atoms with van der Waals surface area (Å²) in [4.78, 5) is 0. The zero-order valence-electron chi connectivity index (χ0n) is 10.7. The molecule has 1 N–H and O–H groups in total. The third-order valence-corrected chi connectivity index (χ3v) is 3.06. The maximum Gasteiger partial charge on any atom is 0.416 e. The van der Waals surface area contributed by atoms with Crippen molar-refractivity contribution in [2.45, 2.75) is 18.6 Å². The fourth-order valence-electron chi connectivity index (χ4n) is 2.09. The van der Waals surface area contributed by atoms with Crippen molar-refractivity contribution in [3.8, 4) is 0 Å². The van der Waals surface area contributed by atoms with Gasteiger partial charge >= 0.3 is 6.18 Å². The molecule has 1 heterocycles. The molecule has 1 unspecified atom stereocenters. The smallest absolute Gasteiger partial charge is 0.416 e. The van der Waals surface area contributed by atoms with E-state index in [1.807, 2.05) is 0 Å². The molecule has 0 bridgehead atoms. The van der Waals surface area contributed by atoms with Crippen LogP contribution in [0.15, 0.2) is 41.2 Å². The average Bonchev–Trinajstić information content (AvgIpc) is 2.87. The van der Waals surface area contributed by atoms with Crippen LogP contribution in [0.4, 0.5) is 17.6 Å². The number of furan rings is 1. The highest BCUT2D eigenvalue weighted by Gasteiger charge is 2.35.